The van der Waals surface area contributed by atoms with Crippen molar-refractivity contribution in [1.29, 1.82) is 0 Å². The van der Waals surface area contributed by atoms with Crippen LogP contribution in [0.15, 0.2) is 24.3 Å². The van der Waals surface area contributed by atoms with Crippen LogP contribution in [-0.4, -0.2) is 35.4 Å². The van der Waals surface area contributed by atoms with Crippen LogP contribution in [0.2, 0.25) is 0 Å². The van der Waals surface area contributed by atoms with Crippen molar-refractivity contribution < 1.29 is 14.6 Å². The number of amides is 2. The standard InChI is InChI=1S/C26H47N3O3S/c1-3-5-6-7-8-9-10-11-12-13-14-15-22-33-25(4-2)28-29-26(31)27-20-21-32-24-18-16-23(30)17-19-24/h16-19,25,28,30H,3-15,20-22H2,1-2H3,(H2,27,29,31). The van der Waals surface area contributed by atoms with E-state index >= 15 is 0 Å². The van der Waals surface area contributed by atoms with Gasteiger partial charge in [-0.15, -0.1) is 11.8 Å². The minimum absolute atomic E-state index is 0.202. The smallest absolute Gasteiger partial charge is 0.329 e. The van der Waals surface area contributed by atoms with E-state index in [9.17, 15) is 9.90 Å². The van der Waals surface area contributed by atoms with Crippen LogP contribution in [-0.2, 0) is 0 Å². The number of ether oxygens (including phenoxy) is 1. The third kappa shape index (κ3) is 17.5. The minimum Gasteiger partial charge on any atom is -0.508 e. The number of hydrazine groups is 1. The highest BCUT2D eigenvalue weighted by Gasteiger charge is 2.07. The van der Waals surface area contributed by atoms with Crippen LogP contribution in [0, 0.1) is 0 Å². The predicted molar refractivity (Wildman–Crippen MR) is 141 cm³/mol. The van der Waals surface area contributed by atoms with Crippen molar-refractivity contribution in [2.45, 2.75) is 103 Å². The van der Waals surface area contributed by atoms with Gasteiger partial charge in [0.15, 0.2) is 0 Å². The zero-order valence-electron chi connectivity index (χ0n) is 20.9. The van der Waals surface area contributed by atoms with Crippen molar-refractivity contribution in [3.8, 4) is 11.5 Å². The van der Waals surface area contributed by atoms with Gasteiger partial charge in [-0.05, 0) is 42.9 Å². The fourth-order valence-electron chi connectivity index (χ4n) is 3.50. The van der Waals surface area contributed by atoms with Crippen LogP contribution < -0.4 is 20.9 Å². The lowest BCUT2D eigenvalue weighted by molar-refractivity contribution is 0.231. The number of hydrogen-bond donors (Lipinski definition) is 4. The fourth-order valence-corrected chi connectivity index (χ4v) is 4.53. The number of hydrogen-bond acceptors (Lipinski definition) is 5. The Bertz CT molecular complexity index is 587. The molecule has 0 aliphatic heterocycles. The van der Waals surface area contributed by atoms with Gasteiger partial charge in [0.2, 0.25) is 0 Å². The maximum absolute atomic E-state index is 11.9. The quantitative estimate of drug-likeness (QED) is 0.0887. The maximum Gasteiger partial charge on any atom is 0.329 e. The van der Waals surface area contributed by atoms with Crippen LogP contribution in [0.25, 0.3) is 0 Å². The van der Waals surface area contributed by atoms with E-state index in [0.29, 0.717) is 18.9 Å². The van der Waals surface area contributed by atoms with E-state index in [0.717, 1.165) is 12.2 Å². The summed E-state index contributed by atoms with van der Waals surface area (Å²) in [6, 6.07) is 6.26. The Labute approximate surface area is 206 Å². The number of urea groups is 1. The van der Waals surface area contributed by atoms with Crippen LogP contribution in [0.5, 0.6) is 11.5 Å². The molecular weight excluding hydrogens is 434 g/mol. The van der Waals surface area contributed by atoms with Crippen molar-refractivity contribution in [1.82, 2.24) is 16.2 Å². The molecule has 1 atom stereocenters. The van der Waals surface area contributed by atoms with E-state index < -0.39 is 0 Å². The molecule has 0 fully saturated rings. The normalized spacial score (nSPS) is 11.8. The van der Waals surface area contributed by atoms with Gasteiger partial charge in [0.25, 0.3) is 0 Å². The molecule has 1 aromatic carbocycles. The van der Waals surface area contributed by atoms with E-state index in [1.54, 1.807) is 24.3 Å². The largest absolute Gasteiger partial charge is 0.508 e. The Morgan fingerprint density at radius 2 is 1.48 bits per heavy atom. The Balaban J connectivity index is 1.92. The number of thioether (sulfide) groups is 1. The highest BCUT2D eigenvalue weighted by atomic mass is 32.2. The second kappa shape index (κ2) is 21.0. The van der Waals surface area contributed by atoms with Gasteiger partial charge in [-0.3, -0.25) is 5.43 Å². The summed E-state index contributed by atoms with van der Waals surface area (Å²) in [6.45, 7) is 5.16. The summed E-state index contributed by atoms with van der Waals surface area (Å²) >= 11 is 1.87. The van der Waals surface area contributed by atoms with Gasteiger partial charge in [0.05, 0.1) is 11.9 Å². The summed E-state index contributed by atoms with van der Waals surface area (Å²) in [7, 11) is 0. The van der Waals surface area contributed by atoms with Crippen molar-refractivity contribution in [2.24, 2.45) is 0 Å². The number of rotatable bonds is 21. The molecule has 0 aliphatic rings. The molecule has 0 heterocycles. The second-order valence-corrected chi connectivity index (χ2v) is 9.83. The number of nitrogens with one attached hydrogen (secondary N) is 3. The SMILES string of the molecule is CCCCCCCCCCCCCCSC(CC)NNC(=O)NCCOc1ccc(O)cc1. The molecule has 6 nitrogen and oxygen atoms in total. The first-order valence-corrected chi connectivity index (χ1v) is 14.0. The molecule has 0 aromatic heterocycles. The molecule has 1 unspecified atom stereocenters. The maximum atomic E-state index is 11.9. The summed E-state index contributed by atoms with van der Waals surface area (Å²) in [6.07, 6.45) is 17.4. The highest BCUT2D eigenvalue weighted by molar-refractivity contribution is 7.99. The Morgan fingerprint density at radius 3 is 2.06 bits per heavy atom. The molecular formula is C26H47N3O3S. The molecule has 7 heteroatoms. The van der Waals surface area contributed by atoms with Crippen LogP contribution in [0.1, 0.15) is 97.3 Å². The molecule has 1 rings (SSSR count). The molecule has 0 saturated carbocycles. The molecule has 0 bridgehead atoms. The van der Waals surface area contributed by atoms with Gasteiger partial charge < -0.3 is 15.2 Å². The Hall–Kier alpha value is -1.60. The minimum atomic E-state index is -0.256. The van der Waals surface area contributed by atoms with Gasteiger partial charge in [-0.25, -0.2) is 10.2 Å². The first-order valence-electron chi connectivity index (χ1n) is 13.0. The lowest BCUT2D eigenvalue weighted by atomic mass is 10.1. The molecule has 33 heavy (non-hydrogen) atoms. The number of aromatic hydroxyl groups is 1. The molecule has 0 saturated heterocycles. The van der Waals surface area contributed by atoms with E-state index in [-0.39, 0.29) is 17.2 Å². The number of unbranched alkanes of at least 4 members (excludes halogenated alkanes) is 11. The number of benzene rings is 1. The van der Waals surface area contributed by atoms with Gasteiger partial charge in [-0.2, -0.15) is 0 Å². The van der Waals surface area contributed by atoms with Crippen molar-refractivity contribution in [3.05, 3.63) is 24.3 Å². The summed E-state index contributed by atoms with van der Waals surface area (Å²) in [5.74, 6) is 1.98. The van der Waals surface area contributed by atoms with Gasteiger partial charge in [0, 0.05) is 0 Å². The second-order valence-electron chi connectivity index (χ2n) is 8.52. The molecule has 0 radical (unpaired) electrons. The Kier molecular flexibility index (Phi) is 18.7. The topological polar surface area (TPSA) is 82.6 Å². The number of carbonyl (C=O) groups excluding carboxylic acids is 1. The van der Waals surface area contributed by atoms with Gasteiger partial charge >= 0.3 is 6.03 Å². The molecule has 190 valence electrons. The number of phenols is 1. The summed E-state index contributed by atoms with van der Waals surface area (Å²) in [4.78, 5) is 11.9. The van der Waals surface area contributed by atoms with E-state index in [1.807, 2.05) is 11.8 Å². The van der Waals surface area contributed by atoms with Crippen molar-refractivity contribution in [2.75, 3.05) is 18.9 Å². The number of carbonyl (C=O) groups is 1. The van der Waals surface area contributed by atoms with E-state index in [2.05, 4.69) is 30.0 Å². The van der Waals surface area contributed by atoms with Crippen LogP contribution in [0.4, 0.5) is 4.79 Å². The summed E-state index contributed by atoms with van der Waals surface area (Å²) in [5.41, 5.74) is 5.84. The summed E-state index contributed by atoms with van der Waals surface area (Å²) < 4.78 is 5.51. The molecule has 4 N–H and O–H groups in total. The number of phenolic OH excluding ortho intramolecular Hbond substituents is 1. The van der Waals surface area contributed by atoms with Crippen molar-refractivity contribution in [3.63, 3.8) is 0 Å². The monoisotopic (exact) mass is 481 g/mol. The van der Waals surface area contributed by atoms with Crippen LogP contribution in [0.3, 0.4) is 0 Å². The fraction of sp³-hybridized carbons (Fsp3) is 0.731. The van der Waals surface area contributed by atoms with Gasteiger partial charge in [-0.1, -0.05) is 84.5 Å². The lowest BCUT2D eigenvalue weighted by Crippen LogP contribution is -2.48. The first-order chi connectivity index (χ1) is 16.2. The van der Waals surface area contributed by atoms with E-state index in [4.69, 9.17) is 4.74 Å². The molecule has 1 aromatic rings. The molecule has 0 spiro atoms. The third-order valence-corrected chi connectivity index (χ3v) is 6.91. The summed E-state index contributed by atoms with van der Waals surface area (Å²) in [5, 5.41) is 12.2. The van der Waals surface area contributed by atoms with Crippen LogP contribution >= 0.6 is 11.8 Å². The first kappa shape index (κ1) is 29.4. The zero-order valence-corrected chi connectivity index (χ0v) is 21.7. The van der Waals surface area contributed by atoms with Crippen molar-refractivity contribution >= 4 is 17.8 Å². The average molecular weight is 482 g/mol. The predicted octanol–water partition coefficient (Wildman–Crippen LogP) is 6.75. The zero-order chi connectivity index (χ0) is 24.0. The highest BCUT2D eigenvalue weighted by Crippen LogP contribution is 2.17. The Morgan fingerprint density at radius 1 is 0.909 bits per heavy atom. The van der Waals surface area contributed by atoms with Gasteiger partial charge in [0.1, 0.15) is 18.1 Å². The third-order valence-electron chi connectivity index (χ3n) is 5.53. The molecule has 2 amide bonds. The van der Waals surface area contributed by atoms with E-state index in [1.165, 1.54) is 77.0 Å². The molecule has 0 aliphatic carbocycles. The lowest BCUT2D eigenvalue weighted by Gasteiger charge is -2.17. The average Bonchev–Trinajstić information content (AvgIpc) is 2.82.